The van der Waals surface area contributed by atoms with E-state index < -0.39 is 5.60 Å². The van der Waals surface area contributed by atoms with E-state index in [4.69, 9.17) is 4.74 Å². The van der Waals surface area contributed by atoms with Gasteiger partial charge in [0.2, 0.25) is 0 Å². The third kappa shape index (κ3) is 4.06. The van der Waals surface area contributed by atoms with E-state index in [9.17, 15) is 5.11 Å². The van der Waals surface area contributed by atoms with Gasteiger partial charge in [-0.15, -0.1) is 11.3 Å². The van der Waals surface area contributed by atoms with Gasteiger partial charge >= 0.3 is 0 Å². The van der Waals surface area contributed by atoms with Crippen molar-refractivity contribution in [1.82, 2.24) is 10.3 Å². The van der Waals surface area contributed by atoms with Crippen molar-refractivity contribution in [3.05, 3.63) is 45.9 Å². The van der Waals surface area contributed by atoms with E-state index >= 15 is 0 Å². The number of rotatable bonds is 7. The predicted molar refractivity (Wildman–Crippen MR) is 88.1 cm³/mol. The molecule has 2 N–H and O–H groups in total. The summed E-state index contributed by atoms with van der Waals surface area (Å²) in [5.74, 6) is 0.854. The minimum absolute atomic E-state index is 0.464. The zero-order valence-corrected chi connectivity index (χ0v) is 13.7. The average molecular weight is 318 g/mol. The molecule has 1 aliphatic carbocycles. The Morgan fingerprint density at radius 3 is 2.68 bits per heavy atom. The lowest BCUT2D eigenvalue weighted by Crippen LogP contribution is -2.45. The molecule has 3 rings (SSSR count). The van der Waals surface area contributed by atoms with Crippen LogP contribution in [-0.2, 0) is 13.2 Å². The van der Waals surface area contributed by atoms with Gasteiger partial charge in [0.25, 0.3) is 0 Å². The maximum Gasteiger partial charge on any atom is 0.131 e. The molecule has 4 nitrogen and oxygen atoms in total. The van der Waals surface area contributed by atoms with Crippen LogP contribution in [0.25, 0.3) is 0 Å². The van der Waals surface area contributed by atoms with Gasteiger partial charge in [0.1, 0.15) is 12.4 Å². The number of hydrogen-bond acceptors (Lipinski definition) is 5. The lowest BCUT2D eigenvalue weighted by Gasteiger charge is -2.36. The molecule has 0 saturated heterocycles. The molecule has 0 aliphatic heterocycles. The molecule has 5 heteroatoms. The molecule has 0 spiro atoms. The van der Waals surface area contributed by atoms with Crippen LogP contribution < -0.4 is 10.1 Å². The third-order valence-electron chi connectivity index (χ3n) is 4.04. The second kappa shape index (κ2) is 6.77. The number of ether oxygens (including phenoxy) is 1. The zero-order valence-electron chi connectivity index (χ0n) is 12.8. The summed E-state index contributed by atoms with van der Waals surface area (Å²) in [6.07, 6.45) is 2.98. The monoisotopic (exact) mass is 318 g/mol. The van der Waals surface area contributed by atoms with Gasteiger partial charge in [0, 0.05) is 18.5 Å². The van der Waals surface area contributed by atoms with E-state index in [1.165, 1.54) is 5.56 Å². The molecule has 0 unspecified atom stereocenters. The fourth-order valence-corrected chi connectivity index (χ4v) is 3.13. The maximum absolute atomic E-state index is 10.0. The van der Waals surface area contributed by atoms with Gasteiger partial charge in [-0.3, -0.25) is 0 Å². The molecule has 0 amide bonds. The van der Waals surface area contributed by atoms with Crippen LogP contribution in [0.5, 0.6) is 5.75 Å². The van der Waals surface area contributed by atoms with Crippen molar-refractivity contribution in [3.63, 3.8) is 0 Å². The van der Waals surface area contributed by atoms with Crippen molar-refractivity contribution >= 4 is 11.3 Å². The largest absolute Gasteiger partial charge is 0.487 e. The molecule has 118 valence electrons. The smallest absolute Gasteiger partial charge is 0.131 e. The number of thiazole rings is 1. The summed E-state index contributed by atoms with van der Waals surface area (Å²) in [4.78, 5) is 4.38. The molecule has 0 bridgehead atoms. The molecule has 1 aromatic heterocycles. The fraction of sp³-hybridized carbons (Fsp3) is 0.471. The lowest BCUT2D eigenvalue weighted by molar-refractivity contribution is -0.0314. The highest BCUT2D eigenvalue weighted by atomic mass is 32.1. The second-order valence-electron chi connectivity index (χ2n) is 5.97. The van der Waals surface area contributed by atoms with Gasteiger partial charge in [0.15, 0.2) is 0 Å². The van der Waals surface area contributed by atoms with Gasteiger partial charge in [0.05, 0.1) is 16.3 Å². The number of benzene rings is 1. The first-order valence-corrected chi connectivity index (χ1v) is 8.57. The Hall–Kier alpha value is -1.43. The van der Waals surface area contributed by atoms with E-state index in [1.807, 2.05) is 24.4 Å². The molecule has 1 aromatic carbocycles. The lowest BCUT2D eigenvalue weighted by atomic mass is 9.80. The molecule has 1 heterocycles. The highest BCUT2D eigenvalue weighted by Crippen LogP contribution is 2.30. The van der Waals surface area contributed by atoms with Crippen LogP contribution in [0.15, 0.2) is 29.6 Å². The van der Waals surface area contributed by atoms with Crippen molar-refractivity contribution in [2.45, 2.75) is 44.9 Å². The Morgan fingerprint density at radius 2 is 2.09 bits per heavy atom. The van der Waals surface area contributed by atoms with Crippen LogP contribution in [0.1, 0.15) is 35.5 Å². The SMILES string of the molecule is Cc1nc(COc2ccc(CNCC3(O)CCC3)cc2)cs1. The zero-order chi connectivity index (χ0) is 15.4. The molecule has 1 aliphatic rings. The van der Waals surface area contributed by atoms with Crippen LogP contribution in [0.3, 0.4) is 0 Å². The van der Waals surface area contributed by atoms with Crippen LogP contribution in [0, 0.1) is 6.92 Å². The Morgan fingerprint density at radius 1 is 1.32 bits per heavy atom. The molecular formula is C17H22N2O2S. The number of nitrogens with zero attached hydrogens (tertiary/aromatic N) is 1. The Kier molecular flexibility index (Phi) is 4.76. The number of aliphatic hydroxyl groups is 1. The molecule has 0 radical (unpaired) electrons. The van der Waals surface area contributed by atoms with E-state index in [0.29, 0.717) is 13.2 Å². The average Bonchev–Trinajstić information content (AvgIpc) is 2.90. The number of hydrogen-bond donors (Lipinski definition) is 2. The number of aromatic nitrogens is 1. The van der Waals surface area contributed by atoms with Gasteiger partial charge in [-0.2, -0.15) is 0 Å². The second-order valence-corrected chi connectivity index (χ2v) is 7.03. The van der Waals surface area contributed by atoms with E-state index in [-0.39, 0.29) is 0 Å². The van der Waals surface area contributed by atoms with E-state index in [0.717, 1.165) is 42.3 Å². The summed E-state index contributed by atoms with van der Waals surface area (Å²) in [6, 6.07) is 8.07. The highest BCUT2D eigenvalue weighted by molar-refractivity contribution is 7.09. The summed E-state index contributed by atoms with van der Waals surface area (Å²) in [5.41, 5.74) is 1.70. The van der Waals surface area contributed by atoms with E-state index in [1.54, 1.807) is 11.3 Å². The van der Waals surface area contributed by atoms with Crippen LogP contribution in [0.2, 0.25) is 0 Å². The topological polar surface area (TPSA) is 54.4 Å². The van der Waals surface area contributed by atoms with Gasteiger partial charge < -0.3 is 15.2 Å². The Labute approximate surface area is 135 Å². The first-order chi connectivity index (χ1) is 10.6. The van der Waals surface area contributed by atoms with Crippen molar-refractivity contribution in [2.24, 2.45) is 0 Å². The summed E-state index contributed by atoms with van der Waals surface area (Å²) in [6.45, 7) is 3.95. The quantitative estimate of drug-likeness (QED) is 0.824. The molecular weight excluding hydrogens is 296 g/mol. The van der Waals surface area contributed by atoms with Crippen molar-refractivity contribution in [2.75, 3.05) is 6.54 Å². The fourth-order valence-electron chi connectivity index (χ4n) is 2.54. The van der Waals surface area contributed by atoms with Gasteiger partial charge in [-0.25, -0.2) is 4.98 Å². The van der Waals surface area contributed by atoms with Crippen molar-refractivity contribution in [3.8, 4) is 5.75 Å². The minimum atomic E-state index is -0.464. The molecule has 22 heavy (non-hydrogen) atoms. The minimum Gasteiger partial charge on any atom is -0.487 e. The van der Waals surface area contributed by atoms with Gasteiger partial charge in [-0.05, 0) is 43.9 Å². The van der Waals surface area contributed by atoms with Crippen LogP contribution >= 0.6 is 11.3 Å². The molecule has 1 fully saturated rings. The first-order valence-electron chi connectivity index (χ1n) is 7.69. The normalized spacial score (nSPS) is 16.3. The molecule has 1 saturated carbocycles. The maximum atomic E-state index is 10.0. The summed E-state index contributed by atoms with van der Waals surface area (Å²) in [7, 11) is 0. The van der Waals surface area contributed by atoms with E-state index in [2.05, 4.69) is 22.4 Å². The number of aryl methyl sites for hydroxylation is 1. The van der Waals surface area contributed by atoms with Crippen molar-refractivity contribution < 1.29 is 9.84 Å². The molecule has 2 aromatic rings. The summed E-state index contributed by atoms with van der Waals surface area (Å²) in [5, 5.41) is 16.4. The Bertz CT molecular complexity index is 605. The van der Waals surface area contributed by atoms with Crippen LogP contribution in [0.4, 0.5) is 0 Å². The first kappa shape index (κ1) is 15.5. The van der Waals surface area contributed by atoms with Gasteiger partial charge in [-0.1, -0.05) is 12.1 Å². The number of nitrogens with one attached hydrogen (secondary N) is 1. The van der Waals surface area contributed by atoms with Crippen LogP contribution in [-0.4, -0.2) is 22.2 Å². The molecule has 0 atom stereocenters. The Balaban J connectivity index is 1.43. The summed E-state index contributed by atoms with van der Waals surface area (Å²) < 4.78 is 5.73. The standard InChI is InChI=1S/C17H22N2O2S/c1-13-19-15(11-22-13)10-21-16-5-3-14(4-6-16)9-18-12-17(20)7-2-8-17/h3-6,11,18,20H,2,7-10,12H2,1H3. The predicted octanol–water partition coefficient (Wildman–Crippen LogP) is 3.04. The third-order valence-corrected chi connectivity index (χ3v) is 4.87. The van der Waals surface area contributed by atoms with Crippen molar-refractivity contribution in [1.29, 1.82) is 0 Å². The summed E-state index contributed by atoms with van der Waals surface area (Å²) >= 11 is 1.64. The highest BCUT2D eigenvalue weighted by Gasteiger charge is 2.33.